The smallest absolute Gasteiger partial charge is 0.221 e. The van der Waals surface area contributed by atoms with Gasteiger partial charge in [-0.25, -0.2) is 4.98 Å². The second kappa shape index (κ2) is 5.27. The molecule has 0 fully saturated rings. The van der Waals surface area contributed by atoms with Crippen LogP contribution < -0.4 is 11.1 Å². The van der Waals surface area contributed by atoms with Crippen LogP contribution in [0.3, 0.4) is 0 Å². The number of hydrogen-bond acceptors (Lipinski definition) is 5. The molecule has 0 aliphatic carbocycles. The number of aromatic nitrogens is 2. The number of rotatable bonds is 4. The molecule has 0 radical (unpaired) electrons. The van der Waals surface area contributed by atoms with Crippen molar-refractivity contribution in [3.05, 3.63) is 10.7 Å². The molecule has 0 aromatic carbocycles. The Kier molecular flexibility index (Phi) is 4.28. The van der Waals surface area contributed by atoms with Gasteiger partial charge in [0.15, 0.2) is 0 Å². The summed E-state index contributed by atoms with van der Waals surface area (Å²) in [6.45, 7) is 3.72. The number of hydrogen-bond donors (Lipinski definition) is 3. The van der Waals surface area contributed by atoms with Crippen molar-refractivity contribution >= 4 is 27.7 Å². The number of aliphatic hydroxyl groups is 1. The van der Waals surface area contributed by atoms with Gasteiger partial charge in [-0.1, -0.05) is 0 Å². The molecule has 2 unspecified atom stereocenters. The molecule has 1 rings (SSSR count). The zero-order chi connectivity index (χ0) is 11.4. The molecule has 0 aliphatic rings. The minimum atomic E-state index is -0.342. The van der Waals surface area contributed by atoms with E-state index in [4.69, 9.17) is 5.73 Å². The molecular formula is C9H15BrN4O. The highest BCUT2D eigenvalue weighted by Gasteiger charge is 2.09. The third-order valence-electron chi connectivity index (χ3n) is 1.84. The van der Waals surface area contributed by atoms with Gasteiger partial charge in [0.25, 0.3) is 0 Å². The number of halogens is 1. The van der Waals surface area contributed by atoms with E-state index in [1.54, 1.807) is 13.1 Å². The monoisotopic (exact) mass is 274 g/mol. The van der Waals surface area contributed by atoms with Crippen LogP contribution in [-0.2, 0) is 0 Å². The van der Waals surface area contributed by atoms with Gasteiger partial charge in [0.05, 0.1) is 10.6 Å². The van der Waals surface area contributed by atoms with E-state index in [1.165, 1.54) is 0 Å². The zero-order valence-corrected chi connectivity index (χ0v) is 10.3. The summed E-state index contributed by atoms with van der Waals surface area (Å²) in [5, 5.41) is 12.4. The van der Waals surface area contributed by atoms with Crippen molar-refractivity contribution < 1.29 is 5.11 Å². The van der Waals surface area contributed by atoms with Crippen LogP contribution in [0.4, 0.5) is 11.8 Å². The lowest BCUT2D eigenvalue weighted by molar-refractivity contribution is 0.179. The van der Waals surface area contributed by atoms with Crippen molar-refractivity contribution in [3.8, 4) is 0 Å². The molecule has 2 atom stereocenters. The fourth-order valence-electron chi connectivity index (χ4n) is 1.29. The Bertz CT molecular complexity index is 332. The molecule has 5 nitrogen and oxygen atoms in total. The van der Waals surface area contributed by atoms with E-state index < -0.39 is 0 Å². The number of nitrogen functional groups attached to an aromatic ring is 1. The van der Waals surface area contributed by atoms with E-state index in [9.17, 15) is 5.11 Å². The highest BCUT2D eigenvalue weighted by Crippen LogP contribution is 2.20. The summed E-state index contributed by atoms with van der Waals surface area (Å²) in [5.41, 5.74) is 5.47. The molecule has 6 heteroatoms. The molecule has 1 aromatic heterocycles. The first-order valence-electron chi connectivity index (χ1n) is 4.71. The lowest BCUT2D eigenvalue weighted by atomic mass is 10.1. The Balaban J connectivity index is 2.67. The molecule has 0 spiro atoms. The Morgan fingerprint density at radius 3 is 2.87 bits per heavy atom. The van der Waals surface area contributed by atoms with Gasteiger partial charge in [-0.15, -0.1) is 0 Å². The Labute approximate surface area is 97.2 Å². The first-order valence-corrected chi connectivity index (χ1v) is 5.51. The molecule has 1 heterocycles. The number of nitrogens with two attached hydrogens (primary N) is 1. The molecule has 0 bridgehead atoms. The van der Waals surface area contributed by atoms with Crippen LogP contribution in [0, 0.1) is 0 Å². The number of nitrogens with zero attached hydrogens (tertiary/aromatic N) is 2. The van der Waals surface area contributed by atoms with Crippen molar-refractivity contribution in [3.63, 3.8) is 0 Å². The summed E-state index contributed by atoms with van der Waals surface area (Å²) < 4.78 is 0.758. The van der Waals surface area contributed by atoms with Crippen LogP contribution in [0.15, 0.2) is 10.7 Å². The summed E-state index contributed by atoms with van der Waals surface area (Å²) in [4.78, 5) is 7.89. The standard InChI is InChI=1S/C9H15BrN4O/c1-5(3-6(2)15)13-8-7(10)4-12-9(11)14-8/h4-6,15H,3H2,1-2H3,(H3,11,12,13,14). The zero-order valence-electron chi connectivity index (χ0n) is 8.74. The SMILES string of the molecule is CC(O)CC(C)Nc1nc(N)ncc1Br. The molecule has 0 saturated heterocycles. The van der Waals surface area contributed by atoms with E-state index >= 15 is 0 Å². The minimum absolute atomic E-state index is 0.121. The summed E-state index contributed by atoms with van der Waals surface area (Å²) >= 11 is 3.32. The quantitative estimate of drug-likeness (QED) is 0.773. The highest BCUT2D eigenvalue weighted by atomic mass is 79.9. The third kappa shape index (κ3) is 4.01. The van der Waals surface area contributed by atoms with Crippen molar-refractivity contribution in [1.29, 1.82) is 0 Å². The fourth-order valence-corrected chi connectivity index (χ4v) is 1.59. The van der Waals surface area contributed by atoms with Crippen LogP contribution in [0.1, 0.15) is 20.3 Å². The van der Waals surface area contributed by atoms with Crippen LogP contribution >= 0.6 is 15.9 Å². The van der Waals surface area contributed by atoms with Gasteiger partial charge >= 0.3 is 0 Å². The van der Waals surface area contributed by atoms with Gasteiger partial charge in [0.2, 0.25) is 5.95 Å². The Hall–Kier alpha value is -0.880. The molecule has 0 amide bonds. The second-order valence-corrected chi connectivity index (χ2v) is 4.41. The predicted octanol–water partition coefficient (Wildman–Crippen LogP) is 1.39. The van der Waals surface area contributed by atoms with Crippen molar-refractivity contribution in [1.82, 2.24) is 9.97 Å². The minimum Gasteiger partial charge on any atom is -0.393 e. The van der Waals surface area contributed by atoms with E-state index in [2.05, 4.69) is 31.2 Å². The van der Waals surface area contributed by atoms with Crippen LogP contribution in [-0.4, -0.2) is 27.2 Å². The summed E-state index contributed by atoms with van der Waals surface area (Å²) in [6, 6.07) is 0.121. The number of nitrogens with one attached hydrogen (secondary N) is 1. The lowest BCUT2D eigenvalue weighted by Gasteiger charge is -2.16. The predicted molar refractivity (Wildman–Crippen MR) is 63.5 cm³/mol. The van der Waals surface area contributed by atoms with Crippen molar-refractivity contribution in [2.24, 2.45) is 0 Å². The average Bonchev–Trinajstić information content (AvgIpc) is 2.10. The normalized spacial score (nSPS) is 14.7. The molecule has 84 valence electrons. The summed E-state index contributed by atoms with van der Waals surface area (Å²) in [6.07, 6.45) is 1.90. The molecule has 0 aliphatic heterocycles. The maximum atomic E-state index is 9.22. The Morgan fingerprint density at radius 2 is 2.27 bits per heavy atom. The van der Waals surface area contributed by atoms with Gasteiger partial charge in [-0.3, -0.25) is 0 Å². The molecule has 4 N–H and O–H groups in total. The van der Waals surface area contributed by atoms with Gasteiger partial charge in [0, 0.05) is 12.2 Å². The van der Waals surface area contributed by atoms with E-state index in [0.29, 0.717) is 12.2 Å². The second-order valence-electron chi connectivity index (χ2n) is 3.55. The maximum Gasteiger partial charge on any atom is 0.221 e. The van der Waals surface area contributed by atoms with Gasteiger partial charge in [-0.05, 0) is 36.2 Å². The van der Waals surface area contributed by atoms with Crippen molar-refractivity contribution in [2.75, 3.05) is 11.1 Å². The van der Waals surface area contributed by atoms with Gasteiger partial charge < -0.3 is 16.2 Å². The third-order valence-corrected chi connectivity index (χ3v) is 2.42. The Morgan fingerprint density at radius 1 is 1.60 bits per heavy atom. The van der Waals surface area contributed by atoms with Crippen LogP contribution in [0.25, 0.3) is 0 Å². The van der Waals surface area contributed by atoms with E-state index in [0.717, 1.165) is 4.47 Å². The lowest BCUT2D eigenvalue weighted by Crippen LogP contribution is -2.21. The molecule has 0 saturated carbocycles. The first kappa shape index (κ1) is 12.2. The summed E-state index contributed by atoms with van der Waals surface area (Å²) in [5.74, 6) is 0.876. The molecule has 1 aromatic rings. The molecule has 15 heavy (non-hydrogen) atoms. The average molecular weight is 275 g/mol. The van der Waals surface area contributed by atoms with Gasteiger partial charge in [0.1, 0.15) is 5.82 Å². The fraction of sp³-hybridized carbons (Fsp3) is 0.556. The number of anilines is 2. The number of aliphatic hydroxyl groups excluding tert-OH is 1. The highest BCUT2D eigenvalue weighted by molar-refractivity contribution is 9.10. The van der Waals surface area contributed by atoms with Crippen molar-refractivity contribution in [2.45, 2.75) is 32.4 Å². The maximum absolute atomic E-state index is 9.22. The van der Waals surface area contributed by atoms with Crippen LogP contribution in [0.2, 0.25) is 0 Å². The van der Waals surface area contributed by atoms with E-state index in [1.807, 2.05) is 6.92 Å². The van der Waals surface area contributed by atoms with E-state index in [-0.39, 0.29) is 18.1 Å². The van der Waals surface area contributed by atoms with Gasteiger partial charge in [-0.2, -0.15) is 4.98 Å². The molecular weight excluding hydrogens is 260 g/mol. The van der Waals surface area contributed by atoms with Crippen LogP contribution in [0.5, 0.6) is 0 Å². The topological polar surface area (TPSA) is 84.1 Å². The largest absolute Gasteiger partial charge is 0.393 e. The first-order chi connectivity index (χ1) is 6.99. The summed E-state index contributed by atoms with van der Waals surface area (Å²) in [7, 11) is 0.